The fourth-order valence-corrected chi connectivity index (χ4v) is 1.61. The van der Waals surface area contributed by atoms with Gasteiger partial charge in [0.15, 0.2) is 0 Å². The van der Waals surface area contributed by atoms with Crippen LogP contribution in [0.4, 0.5) is 13.2 Å². The van der Waals surface area contributed by atoms with E-state index < -0.39 is 6.36 Å². The number of alkyl halides is 3. The molecule has 0 aliphatic heterocycles. The molecule has 2 aromatic carbocycles. The van der Waals surface area contributed by atoms with Crippen LogP contribution in [0.15, 0.2) is 48.5 Å². The minimum Gasteiger partial charge on any atom is -0.493 e. The van der Waals surface area contributed by atoms with Crippen molar-refractivity contribution in [1.82, 2.24) is 0 Å². The van der Waals surface area contributed by atoms with E-state index in [1.54, 1.807) is 36.4 Å². The first kappa shape index (κ1) is 14.2. The van der Waals surface area contributed by atoms with Crippen molar-refractivity contribution < 1.29 is 22.6 Å². The van der Waals surface area contributed by atoms with E-state index in [0.29, 0.717) is 13.0 Å². The Labute approximate surface area is 114 Å². The van der Waals surface area contributed by atoms with Gasteiger partial charge in [-0.05, 0) is 35.9 Å². The van der Waals surface area contributed by atoms with Gasteiger partial charge in [-0.3, -0.25) is 0 Å². The van der Waals surface area contributed by atoms with Crippen LogP contribution in [0.3, 0.4) is 0 Å². The van der Waals surface area contributed by atoms with Gasteiger partial charge in [0.1, 0.15) is 11.5 Å². The molecule has 2 nitrogen and oxygen atoms in total. The topological polar surface area (TPSA) is 18.5 Å². The smallest absolute Gasteiger partial charge is 0.493 e. The van der Waals surface area contributed by atoms with Crippen molar-refractivity contribution >= 4 is 0 Å². The van der Waals surface area contributed by atoms with Gasteiger partial charge in [-0.15, -0.1) is 13.2 Å². The van der Waals surface area contributed by atoms with Crippen molar-refractivity contribution in [3.8, 4) is 11.5 Å². The quantitative estimate of drug-likeness (QED) is 0.824. The summed E-state index contributed by atoms with van der Waals surface area (Å²) in [6.07, 6.45) is -4.06. The molecule has 20 heavy (non-hydrogen) atoms. The summed E-state index contributed by atoms with van der Waals surface area (Å²) in [5, 5.41) is 0. The van der Waals surface area contributed by atoms with Crippen molar-refractivity contribution in [2.24, 2.45) is 0 Å². The minimum absolute atomic E-state index is 0.222. The van der Waals surface area contributed by atoms with Crippen LogP contribution in [0.2, 0.25) is 0 Å². The molecule has 0 saturated carbocycles. The second kappa shape index (κ2) is 6.32. The molecule has 105 valence electrons. The molecular formula is C15H12F3O2. The fourth-order valence-electron chi connectivity index (χ4n) is 1.61. The normalized spacial score (nSPS) is 11.2. The van der Waals surface area contributed by atoms with E-state index in [-0.39, 0.29) is 5.75 Å². The molecule has 0 aliphatic rings. The summed E-state index contributed by atoms with van der Waals surface area (Å²) in [5.74, 6) is 0.515. The van der Waals surface area contributed by atoms with Crippen LogP contribution in [-0.4, -0.2) is 13.0 Å². The molecule has 2 aromatic rings. The van der Waals surface area contributed by atoms with Gasteiger partial charge in [0.2, 0.25) is 0 Å². The molecule has 0 spiro atoms. The number of halogens is 3. The first-order chi connectivity index (χ1) is 9.53. The first-order valence-electron chi connectivity index (χ1n) is 5.96. The van der Waals surface area contributed by atoms with E-state index in [4.69, 9.17) is 4.74 Å². The average Bonchev–Trinajstić information content (AvgIpc) is 2.40. The Hall–Kier alpha value is -2.17. The van der Waals surface area contributed by atoms with Crippen molar-refractivity contribution in [3.63, 3.8) is 0 Å². The van der Waals surface area contributed by atoms with Crippen molar-refractivity contribution in [3.05, 3.63) is 60.2 Å². The molecule has 2 rings (SSSR count). The van der Waals surface area contributed by atoms with Gasteiger partial charge in [0, 0.05) is 6.42 Å². The molecule has 5 heteroatoms. The highest BCUT2D eigenvalue weighted by Crippen LogP contribution is 2.22. The lowest BCUT2D eigenvalue weighted by Crippen LogP contribution is -2.17. The van der Waals surface area contributed by atoms with Crippen LogP contribution in [0.25, 0.3) is 0 Å². The molecule has 0 saturated heterocycles. The van der Waals surface area contributed by atoms with Gasteiger partial charge in [0.05, 0.1) is 6.61 Å². The van der Waals surface area contributed by atoms with Gasteiger partial charge in [-0.2, -0.15) is 0 Å². The summed E-state index contributed by atoms with van der Waals surface area (Å²) in [7, 11) is 0. The maximum absolute atomic E-state index is 12.0. The van der Waals surface area contributed by atoms with E-state index in [0.717, 1.165) is 11.3 Å². The second-order valence-corrected chi connectivity index (χ2v) is 4.03. The minimum atomic E-state index is -4.66. The van der Waals surface area contributed by atoms with E-state index in [1.165, 1.54) is 12.1 Å². The van der Waals surface area contributed by atoms with Gasteiger partial charge >= 0.3 is 6.36 Å². The lowest BCUT2D eigenvalue weighted by molar-refractivity contribution is -0.274. The highest BCUT2D eigenvalue weighted by atomic mass is 19.4. The summed E-state index contributed by atoms with van der Waals surface area (Å²) in [5.41, 5.74) is 0.877. The lowest BCUT2D eigenvalue weighted by Gasteiger charge is -2.09. The summed E-state index contributed by atoms with van der Waals surface area (Å²) >= 11 is 0. The molecule has 0 N–H and O–H groups in total. The zero-order chi connectivity index (χ0) is 14.4. The van der Waals surface area contributed by atoms with E-state index in [1.807, 2.05) is 0 Å². The van der Waals surface area contributed by atoms with E-state index in [9.17, 15) is 13.2 Å². The molecule has 0 amide bonds. The van der Waals surface area contributed by atoms with Gasteiger partial charge < -0.3 is 9.47 Å². The Morgan fingerprint density at radius 3 is 2.15 bits per heavy atom. The highest BCUT2D eigenvalue weighted by Gasteiger charge is 2.30. The van der Waals surface area contributed by atoms with Crippen LogP contribution in [0.5, 0.6) is 11.5 Å². The monoisotopic (exact) mass is 281 g/mol. The maximum atomic E-state index is 12.0. The van der Waals surface area contributed by atoms with E-state index in [2.05, 4.69) is 10.8 Å². The standard InChI is InChI=1S/C15H12F3O2/c16-15(17,18)20-14-8-6-12(7-9-14)10-11-19-13-4-2-1-3-5-13/h2-9H,10-11H2. The maximum Gasteiger partial charge on any atom is 0.573 e. The predicted molar refractivity (Wildman–Crippen MR) is 67.6 cm³/mol. The highest BCUT2D eigenvalue weighted by molar-refractivity contribution is 5.27. The third-order valence-corrected chi connectivity index (χ3v) is 2.50. The first-order valence-corrected chi connectivity index (χ1v) is 5.96. The molecule has 0 heterocycles. The Bertz CT molecular complexity index is 521. The Balaban J connectivity index is 1.82. The van der Waals surface area contributed by atoms with Crippen molar-refractivity contribution in [2.75, 3.05) is 6.61 Å². The van der Waals surface area contributed by atoms with Crippen LogP contribution in [-0.2, 0) is 6.42 Å². The van der Waals surface area contributed by atoms with Crippen LogP contribution < -0.4 is 9.47 Å². The number of ether oxygens (including phenoxy) is 2. The molecule has 0 unspecified atom stereocenters. The largest absolute Gasteiger partial charge is 0.573 e. The zero-order valence-corrected chi connectivity index (χ0v) is 10.5. The van der Waals surface area contributed by atoms with Crippen molar-refractivity contribution in [1.29, 1.82) is 0 Å². The summed E-state index contributed by atoms with van der Waals surface area (Å²) < 4.78 is 45.2. The average molecular weight is 281 g/mol. The van der Waals surface area contributed by atoms with Gasteiger partial charge in [-0.1, -0.05) is 24.3 Å². The predicted octanol–water partition coefficient (Wildman–Crippen LogP) is 4.01. The summed E-state index contributed by atoms with van der Waals surface area (Å²) in [6, 6.07) is 15.7. The van der Waals surface area contributed by atoms with E-state index >= 15 is 0 Å². The SMILES string of the molecule is FC(F)(F)Oc1ccc(CCOc2cc[c]cc2)cc1. The van der Waals surface area contributed by atoms with Crippen LogP contribution in [0.1, 0.15) is 5.56 Å². The van der Waals surface area contributed by atoms with Gasteiger partial charge in [0.25, 0.3) is 0 Å². The zero-order valence-electron chi connectivity index (χ0n) is 10.5. The number of hydrogen-bond acceptors (Lipinski definition) is 2. The Kier molecular flexibility index (Phi) is 4.50. The summed E-state index contributed by atoms with van der Waals surface area (Å²) in [6.45, 7) is 0.448. The fraction of sp³-hybridized carbons (Fsp3) is 0.200. The Morgan fingerprint density at radius 1 is 0.900 bits per heavy atom. The molecular weight excluding hydrogens is 269 g/mol. The number of rotatable bonds is 5. The number of benzene rings is 2. The molecule has 1 radical (unpaired) electrons. The molecule has 0 aromatic heterocycles. The van der Waals surface area contributed by atoms with Crippen LogP contribution >= 0.6 is 0 Å². The number of hydrogen-bond donors (Lipinski definition) is 0. The van der Waals surface area contributed by atoms with Crippen molar-refractivity contribution in [2.45, 2.75) is 12.8 Å². The second-order valence-electron chi connectivity index (χ2n) is 4.03. The third-order valence-electron chi connectivity index (χ3n) is 2.50. The third kappa shape index (κ3) is 4.84. The Morgan fingerprint density at radius 2 is 1.55 bits per heavy atom. The molecule has 0 fully saturated rings. The molecule has 0 aliphatic carbocycles. The van der Waals surface area contributed by atoms with Gasteiger partial charge in [-0.25, -0.2) is 0 Å². The molecule has 0 atom stereocenters. The molecule has 0 bridgehead atoms. The van der Waals surface area contributed by atoms with Crippen LogP contribution in [0, 0.1) is 6.07 Å². The lowest BCUT2D eigenvalue weighted by atomic mass is 10.1. The summed E-state index contributed by atoms with van der Waals surface area (Å²) in [4.78, 5) is 0.